The number of hydrogen-bond donors (Lipinski definition) is 1. The molecule has 0 spiro atoms. The van der Waals surface area contributed by atoms with Gasteiger partial charge in [0.05, 0.1) is 13.7 Å². The largest absolute Gasteiger partial charge is 0.493 e. The summed E-state index contributed by atoms with van der Waals surface area (Å²) in [6.07, 6.45) is 3.76. The SMILES string of the molecule is CCOc1ccc(/C=C/C(=O)OCC(=O)NCCC(C)C)cc1OC. The lowest BCUT2D eigenvalue weighted by Gasteiger charge is -2.09. The van der Waals surface area contributed by atoms with Crippen LogP contribution < -0.4 is 14.8 Å². The van der Waals surface area contributed by atoms with Gasteiger partial charge in [-0.2, -0.15) is 0 Å². The van der Waals surface area contributed by atoms with Crippen molar-refractivity contribution in [3.05, 3.63) is 29.8 Å². The highest BCUT2D eigenvalue weighted by Crippen LogP contribution is 2.28. The van der Waals surface area contributed by atoms with Crippen molar-refractivity contribution in [1.82, 2.24) is 5.32 Å². The lowest BCUT2D eigenvalue weighted by molar-refractivity contribution is -0.143. The standard InChI is InChI=1S/C19H27NO5/c1-5-24-16-8-6-15(12-17(16)23-4)7-9-19(22)25-13-18(21)20-11-10-14(2)3/h6-9,12,14H,5,10-11,13H2,1-4H3,(H,20,21)/b9-7+. The molecule has 1 aromatic rings. The van der Waals surface area contributed by atoms with Crippen LogP contribution in [0, 0.1) is 5.92 Å². The van der Waals surface area contributed by atoms with E-state index in [0.717, 1.165) is 12.0 Å². The maximum Gasteiger partial charge on any atom is 0.331 e. The number of methoxy groups -OCH3 is 1. The molecule has 0 heterocycles. The van der Waals surface area contributed by atoms with Crippen LogP contribution >= 0.6 is 0 Å². The van der Waals surface area contributed by atoms with Gasteiger partial charge in [-0.15, -0.1) is 0 Å². The fourth-order valence-electron chi connectivity index (χ4n) is 1.96. The van der Waals surface area contributed by atoms with E-state index in [1.807, 2.05) is 6.92 Å². The summed E-state index contributed by atoms with van der Waals surface area (Å²) in [5.41, 5.74) is 0.763. The first-order valence-corrected chi connectivity index (χ1v) is 8.38. The van der Waals surface area contributed by atoms with Crippen LogP contribution in [-0.2, 0) is 14.3 Å². The number of benzene rings is 1. The topological polar surface area (TPSA) is 73.9 Å². The second-order valence-corrected chi connectivity index (χ2v) is 5.82. The molecule has 1 N–H and O–H groups in total. The Morgan fingerprint density at radius 2 is 2.00 bits per heavy atom. The third-order valence-corrected chi connectivity index (χ3v) is 3.29. The Hall–Kier alpha value is -2.50. The first kappa shape index (κ1) is 20.5. The van der Waals surface area contributed by atoms with Gasteiger partial charge in [0, 0.05) is 12.6 Å². The highest BCUT2D eigenvalue weighted by molar-refractivity contribution is 5.89. The molecule has 0 bridgehead atoms. The van der Waals surface area contributed by atoms with Gasteiger partial charge >= 0.3 is 5.97 Å². The summed E-state index contributed by atoms with van der Waals surface area (Å²) in [5.74, 6) is 0.860. The van der Waals surface area contributed by atoms with Crippen molar-refractivity contribution in [2.75, 3.05) is 26.9 Å². The zero-order valence-corrected chi connectivity index (χ0v) is 15.3. The molecule has 25 heavy (non-hydrogen) atoms. The van der Waals surface area contributed by atoms with Gasteiger partial charge in [0.2, 0.25) is 0 Å². The highest BCUT2D eigenvalue weighted by Gasteiger charge is 2.06. The Morgan fingerprint density at radius 3 is 2.64 bits per heavy atom. The summed E-state index contributed by atoms with van der Waals surface area (Å²) in [4.78, 5) is 23.2. The van der Waals surface area contributed by atoms with Crippen LogP contribution in [0.4, 0.5) is 0 Å². The second kappa shape index (κ2) is 11.1. The number of nitrogens with one attached hydrogen (secondary N) is 1. The fourth-order valence-corrected chi connectivity index (χ4v) is 1.96. The van der Waals surface area contributed by atoms with Crippen molar-refractivity contribution in [2.45, 2.75) is 27.2 Å². The third-order valence-electron chi connectivity index (χ3n) is 3.29. The zero-order chi connectivity index (χ0) is 18.7. The van der Waals surface area contributed by atoms with E-state index in [2.05, 4.69) is 19.2 Å². The minimum absolute atomic E-state index is 0.284. The van der Waals surface area contributed by atoms with E-state index in [9.17, 15) is 9.59 Å². The monoisotopic (exact) mass is 349 g/mol. The summed E-state index contributed by atoms with van der Waals surface area (Å²) in [6.45, 7) is 6.88. The zero-order valence-electron chi connectivity index (χ0n) is 15.3. The molecule has 0 fully saturated rings. The van der Waals surface area contributed by atoms with E-state index in [0.29, 0.717) is 30.6 Å². The van der Waals surface area contributed by atoms with Crippen LogP contribution in [0.3, 0.4) is 0 Å². The number of amides is 1. The molecule has 0 atom stereocenters. The van der Waals surface area contributed by atoms with Crippen LogP contribution in [0.1, 0.15) is 32.8 Å². The van der Waals surface area contributed by atoms with Crippen LogP contribution in [0.15, 0.2) is 24.3 Å². The number of rotatable bonds is 10. The van der Waals surface area contributed by atoms with Crippen LogP contribution in [0.5, 0.6) is 11.5 Å². The molecule has 0 aliphatic carbocycles. The minimum Gasteiger partial charge on any atom is -0.493 e. The maximum atomic E-state index is 11.7. The molecule has 0 saturated heterocycles. The number of ether oxygens (including phenoxy) is 3. The Labute approximate surface area is 149 Å². The Morgan fingerprint density at radius 1 is 1.24 bits per heavy atom. The Bertz CT molecular complexity index is 595. The molecule has 1 aromatic carbocycles. The smallest absolute Gasteiger partial charge is 0.331 e. The number of carbonyl (C=O) groups is 2. The van der Waals surface area contributed by atoms with E-state index in [-0.39, 0.29) is 12.5 Å². The predicted octanol–water partition coefficient (Wildman–Crippen LogP) is 2.81. The lowest BCUT2D eigenvalue weighted by Crippen LogP contribution is -2.29. The summed E-state index contributed by atoms with van der Waals surface area (Å²) in [7, 11) is 1.55. The fraction of sp³-hybridized carbons (Fsp3) is 0.474. The predicted molar refractivity (Wildman–Crippen MR) is 96.6 cm³/mol. The molecular formula is C19H27NO5. The number of hydrogen-bond acceptors (Lipinski definition) is 5. The molecule has 0 radical (unpaired) electrons. The van der Waals surface area contributed by atoms with Gasteiger partial charge < -0.3 is 19.5 Å². The van der Waals surface area contributed by atoms with Gasteiger partial charge in [0.1, 0.15) is 0 Å². The van der Waals surface area contributed by atoms with Gasteiger partial charge in [0.25, 0.3) is 5.91 Å². The molecule has 0 unspecified atom stereocenters. The molecule has 6 heteroatoms. The Kier molecular flexibility index (Phi) is 9.14. The average Bonchev–Trinajstić information content (AvgIpc) is 2.58. The minimum atomic E-state index is -0.577. The molecule has 1 amide bonds. The lowest BCUT2D eigenvalue weighted by atomic mass is 10.1. The Balaban J connectivity index is 2.47. The van der Waals surface area contributed by atoms with Crippen molar-refractivity contribution in [2.24, 2.45) is 5.92 Å². The van der Waals surface area contributed by atoms with Crippen molar-refractivity contribution < 1.29 is 23.8 Å². The first-order chi connectivity index (χ1) is 12.0. The molecule has 0 saturated carbocycles. The van der Waals surface area contributed by atoms with Gasteiger partial charge in [0.15, 0.2) is 18.1 Å². The van der Waals surface area contributed by atoms with Crippen LogP contribution in [0.2, 0.25) is 0 Å². The quantitative estimate of drug-likeness (QED) is 0.519. The van der Waals surface area contributed by atoms with Crippen molar-refractivity contribution >= 4 is 18.0 Å². The number of carbonyl (C=O) groups excluding carboxylic acids is 2. The van der Waals surface area contributed by atoms with Gasteiger partial charge in [-0.05, 0) is 43.0 Å². The van der Waals surface area contributed by atoms with E-state index in [1.165, 1.54) is 6.08 Å². The normalized spacial score (nSPS) is 10.8. The molecule has 0 aliphatic heterocycles. The van der Waals surface area contributed by atoms with Crippen molar-refractivity contribution in [3.63, 3.8) is 0 Å². The van der Waals surface area contributed by atoms with Gasteiger partial charge in [-0.3, -0.25) is 4.79 Å². The van der Waals surface area contributed by atoms with E-state index < -0.39 is 5.97 Å². The van der Waals surface area contributed by atoms with Crippen LogP contribution in [0.25, 0.3) is 6.08 Å². The first-order valence-electron chi connectivity index (χ1n) is 8.38. The average molecular weight is 349 g/mol. The molecule has 0 aromatic heterocycles. The van der Waals surface area contributed by atoms with Gasteiger partial charge in [-0.1, -0.05) is 19.9 Å². The number of esters is 1. The summed E-state index contributed by atoms with van der Waals surface area (Å²) in [5, 5.41) is 2.71. The third kappa shape index (κ3) is 8.24. The second-order valence-electron chi connectivity index (χ2n) is 5.82. The molecule has 138 valence electrons. The maximum absolute atomic E-state index is 11.7. The van der Waals surface area contributed by atoms with Gasteiger partial charge in [-0.25, -0.2) is 4.79 Å². The summed E-state index contributed by atoms with van der Waals surface area (Å²) < 4.78 is 15.6. The van der Waals surface area contributed by atoms with Crippen LogP contribution in [-0.4, -0.2) is 38.7 Å². The molecule has 0 aliphatic rings. The molecule has 6 nitrogen and oxygen atoms in total. The molecule has 1 rings (SSSR count). The van der Waals surface area contributed by atoms with Crippen molar-refractivity contribution in [1.29, 1.82) is 0 Å². The summed E-state index contributed by atoms with van der Waals surface area (Å²) >= 11 is 0. The molecular weight excluding hydrogens is 322 g/mol. The van der Waals surface area contributed by atoms with E-state index in [1.54, 1.807) is 31.4 Å². The highest BCUT2D eigenvalue weighted by atomic mass is 16.5. The van der Waals surface area contributed by atoms with Crippen molar-refractivity contribution in [3.8, 4) is 11.5 Å². The van der Waals surface area contributed by atoms with E-state index >= 15 is 0 Å². The van der Waals surface area contributed by atoms with E-state index in [4.69, 9.17) is 14.2 Å². The summed E-state index contributed by atoms with van der Waals surface area (Å²) in [6, 6.07) is 5.33.